The van der Waals surface area contributed by atoms with Crippen LogP contribution in [0.1, 0.15) is 59.3 Å². The fraction of sp³-hybridized carbons (Fsp3) is 0.933. The summed E-state index contributed by atoms with van der Waals surface area (Å²) in [6.07, 6.45) is 5.71. The Morgan fingerprint density at radius 3 is 2.37 bits per heavy atom. The van der Waals surface area contributed by atoms with Gasteiger partial charge in [-0.05, 0) is 33.1 Å². The Morgan fingerprint density at radius 2 is 1.89 bits per heavy atom. The van der Waals surface area contributed by atoms with Crippen molar-refractivity contribution in [1.82, 2.24) is 4.90 Å². The molecule has 1 unspecified atom stereocenters. The minimum atomic E-state index is -0.778. The van der Waals surface area contributed by atoms with Gasteiger partial charge in [0.25, 0.3) is 0 Å². The molecule has 0 bridgehead atoms. The average Bonchev–Trinajstić information content (AvgIpc) is 2.74. The zero-order valence-electron chi connectivity index (χ0n) is 12.6. The Kier molecular flexibility index (Phi) is 6.27. The van der Waals surface area contributed by atoms with E-state index in [9.17, 15) is 9.90 Å². The first-order valence-electron chi connectivity index (χ1n) is 7.44. The van der Waals surface area contributed by atoms with Gasteiger partial charge in [0, 0.05) is 18.6 Å². The van der Waals surface area contributed by atoms with Gasteiger partial charge in [-0.3, -0.25) is 9.69 Å². The number of hydrogen-bond acceptors (Lipinski definition) is 3. The molecule has 19 heavy (non-hydrogen) atoms. The topological polar surface area (TPSA) is 60.8 Å². The summed E-state index contributed by atoms with van der Waals surface area (Å²) in [6, 6.07) is 0. The third-order valence-electron chi connectivity index (χ3n) is 4.06. The third kappa shape index (κ3) is 6.39. The lowest BCUT2D eigenvalue weighted by atomic mass is 9.98. The van der Waals surface area contributed by atoms with Crippen molar-refractivity contribution in [2.24, 2.45) is 5.92 Å². The number of carbonyl (C=O) groups is 1. The van der Waals surface area contributed by atoms with Crippen LogP contribution in [0.3, 0.4) is 0 Å². The molecular formula is C15H29NO3. The van der Waals surface area contributed by atoms with E-state index in [1.54, 1.807) is 0 Å². The van der Waals surface area contributed by atoms with E-state index >= 15 is 0 Å². The summed E-state index contributed by atoms with van der Waals surface area (Å²) in [6.45, 7) is 7.28. The van der Waals surface area contributed by atoms with Gasteiger partial charge in [-0.25, -0.2) is 0 Å². The SMILES string of the molecule is CC(C)(C)N(CCC(=O)O)CC(O)CC1CCCC1. The van der Waals surface area contributed by atoms with Crippen molar-refractivity contribution < 1.29 is 15.0 Å². The van der Waals surface area contributed by atoms with E-state index in [-0.39, 0.29) is 18.1 Å². The van der Waals surface area contributed by atoms with Gasteiger partial charge in [-0.1, -0.05) is 25.7 Å². The molecule has 2 N–H and O–H groups in total. The molecule has 1 aliphatic carbocycles. The molecule has 4 nitrogen and oxygen atoms in total. The lowest BCUT2D eigenvalue weighted by molar-refractivity contribution is -0.137. The predicted molar refractivity (Wildman–Crippen MR) is 76.2 cm³/mol. The molecule has 0 radical (unpaired) electrons. The second-order valence-corrected chi connectivity index (χ2v) is 6.80. The van der Waals surface area contributed by atoms with Crippen molar-refractivity contribution in [3.05, 3.63) is 0 Å². The van der Waals surface area contributed by atoms with Gasteiger partial charge in [-0.15, -0.1) is 0 Å². The van der Waals surface area contributed by atoms with Gasteiger partial charge < -0.3 is 10.2 Å². The molecule has 1 rings (SSSR count). The summed E-state index contributed by atoms with van der Waals surface area (Å²) < 4.78 is 0. The Balaban J connectivity index is 2.43. The Morgan fingerprint density at radius 1 is 1.32 bits per heavy atom. The third-order valence-corrected chi connectivity index (χ3v) is 4.06. The molecule has 0 aromatic carbocycles. The minimum Gasteiger partial charge on any atom is -0.481 e. The predicted octanol–water partition coefficient (Wildman–Crippen LogP) is 2.50. The summed E-state index contributed by atoms with van der Waals surface area (Å²) in [5.41, 5.74) is -0.105. The van der Waals surface area contributed by atoms with Crippen LogP contribution in [0.25, 0.3) is 0 Å². The van der Waals surface area contributed by atoms with Crippen LogP contribution in [0, 0.1) is 5.92 Å². The maximum atomic E-state index is 10.7. The Labute approximate surface area is 116 Å². The molecule has 0 heterocycles. The first kappa shape index (κ1) is 16.4. The summed E-state index contributed by atoms with van der Waals surface area (Å²) in [5.74, 6) is -0.115. The van der Waals surface area contributed by atoms with Crippen molar-refractivity contribution in [2.75, 3.05) is 13.1 Å². The van der Waals surface area contributed by atoms with Crippen molar-refractivity contribution in [3.8, 4) is 0 Å². The highest BCUT2D eigenvalue weighted by molar-refractivity contribution is 5.66. The molecule has 1 saturated carbocycles. The quantitative estimate of drug-likeness (QED) is 0.747. The van der Waals surface area contributed by atoms with E-state index in [2.05, 4.69) is 25.7 Å². The fourth-order valence-corrected chi connectivity index (χ4v) is 2.89. The number of hydrogen-bond donors (Lipinski definition) is 2. The van der Waals surface area contributed by atoms with Crippen LogP contribution in [0.4, 0.5) is 0 Å². The van der Waals surface area contributed by atoms with Gasteiger partial charge in [-0.2, -0.15) is 0 Å². The molecular weight excluding hydrogens is 242 g/mol. The van der Waals surface area contributed by atoms with Gasteiger partial charge in [0.15, 0.2) is 0 Å². The first-order valence-corrected chi connectivity index (χ1v) is 7.44. The molecule has 0 aromatic heterocycles. The Bertz CT molecular complexity index is 280. The van der Waals surface area contributed by atoms with E-state index in [4.69, 9.17) is 5.11 Å². The highest BCUT2D eigenvalue weighted by Gasteiger charge is 2.26. The van der Waals surface area contributed by atoms with Crippen LogP contribution in [0.5, 0.6) is 0 Å². The van der Waals surface area contributed by atoms with Gasteiger partial charge in [0.05, 0.1) is 12.5 Å². The fourth-order valence-electron chi connectivity index (χ4n) is 2.89. The minimum absolute atomic E-state index is 0.105. The molecule has 0 amide bonds. The first-order chi connectivity index (χ1) is 8.79. The average molecular weight is 271 g/mol. The van der Waals surface area contributed by atoms with Crippen LogP contribution < -0.4 is 0 Å². The summed E-state index contributed by atoms with van der Waals surface area (Å²) in [4.78, 5) is 12.8. The lowest BCUT2D eigenvalue weighted by Crippen LogP contribution is -2.46. The number of rotatable bonds is 7. The molecule has 4 heteroatoms. The molecule has 0 aliphatic heterocycles. The summed E-state index contributed by atoms with van der Waals surface area (Å²) >= 11 is 0. The van der Waals surface area contributed by atoms with Crippen molar-refractivity contribution in [2.45, 2.75) is 70.9 Å². The number of aliphatic hydroxyl groups excluding tert-OH is 1. The molecule has 1 atom stereocenters. The number of carboxylic acids is 1. The number of aliphatic hydroxyl groups is 1. The molecule has 112 valence electrons. The molecule has 1 aliphatic rings. The van der Waals surface area contributed by atoms with Gasteiger partial charge in [0.2, 0.25) is 0 Å². The van der Waals surface area contributed by atoms with Crippen molar-refractivity contribution in [3.63, 3.8) is 0 Å². The molecule has 0 aromatic rings. The monoisotopic (exact) mass is 271 g/mol. The zero-order chi connectivity index (χ0) is 14.5. The van der Waals surface area contributed by atoms with Crippen molar-refractivity contribution >= 4 is 5.97 Å². The van der Waals surface area contributed by atoms with Crippen LogP contribution in [0.2, 0.25) is 0 Å². The normalized spacial score (nSPS) is 19.0. The molecule has 0 spiro atoms. The number of carboxylic acid groups (broad SMARTS) is 1. The van der Waals surface area contributed by atoms with E-state index in [0.717, 1.165) is 6.42 Å². The van der Waals surface area contributed by atoms with Gasteiger partial charge >= 0.3 is 5.97 Å². The van der Waals surface area contributed by atoms with E-state index < -0.39 is 5.97 Å². The van der Waals surface area contributed by atoms with Crippen LogP contribution in [-0.4, -0.2) is 45.8 Å². The smallest absolute Gasteiger partial charge is 0.304 e. The second kappa shape index (κ2) is 7.25. The summed E-state index contributed by atoms with van der Waals surface area (Å²) in [5, 5.41) is 19.0. The molecule has 1 fully saturated rings. The van der Waals surface area contributed by atoms with Crippen LogP contribution >= 0.6 is 0 Å². The van der Waals surface area contributed by atoms with E-state index in [0.29, 0.717) is 19.0 Å². The number of aliphatic carboxylic acids is 1. The lowest BCUT2D eigenvalue weighted by Gasteiger charge is -2.37. The van der Waals surface area contributed by atoms with E-state index in [1.165, 1.54) is 25.7 Å². The standard InChI is InChI=1S/C15H29NO3/c1-15(2,3)16(9-8-14(18)19)11-13(17)10-12-6-4-5-7-12/h12-13,17H,4-11H2,1-3H3,(H,18,19). The summed E-state index contributed by atoms with van der Waals surface area (Å²) in [7, 11) is 0. The maximum Gasteiger partial charge on any atom is 0.304 e. The van der Waals surface area contributed by atoms with Crippen molar-refractivity contribution in [1.29, 1.82) is 0 Å². The number of β-amino-alcohol motifs (C(OH)–C–C–N with tert-alkyl or cyclic N) is 1. The zero-order valence-corrected chi connectivity index (χ0v) is 12.6. The van der Waals surface area contributed by atoms with Crippen LogP contribution in [-0.2, 0) is 4.79 Å². The highest BCUT2D eigenvalue weighted by Crippen LogP contribution is 2.29. The number of nitrogens with zero attached hydrogens (tertiary/aromatic N) is 1. The van der Waals surface area contributed by atoms with Gasteiger partial charge in [0.1, 0.15) is 0 Å². The molecule has 0 saturated heterocycles. The maximum absolute atomic E-state index is 10.7. The van der Waals surface area contributed by atoms with E-state index in [1.807, 2.05) is 0 Å². The second-order valence-electron chi connectivity index (χ2n) is 6.80. The van der Waals surface area contributed by atoms with Crippen LogP contribution in [0.15, 0.2) is 0 Å². The largest absolute Gasteiger partial charge is 0.481 e. The highest BCUT2D eigenvalue weighted by atomic mass is 16.4. The Hall–Kier alpha value is -0.610.